The van der Waals surface area contributed by atoms with Crippen molar-refractivity contribution in [2.45, 2.75) is 84.6 Å². The Balaban J connectivity index is 1.31. The van der Waals surface area contributed by atoms with E-state index in [9.17, 15) is 19.5 Å². The highest BCUT2D eigenvalue weighted by Crippen LogP contribution is 2.50. The molecular formula is C37H39ClFN9O4. The third-order valence-electron chi connectivity index (χ3n) is 10.4. The average molecular weight is 728 g/mol. The third-order valence-corrected chi connectivity index (χ3v) is 10.7. The average Bonchev–Trinajstić information content (AvgIpc) is 3.66. The summed E-state index contributed by atoms with van der Waals surface area (Å²) >= 11 is 6.57. The monoisotopic (exact) mass is 727 g/mol. The first-order valence-electron chi connectivity index (χ1n) is 17.3. The number of aromatic nitrogens is 7. The Morgan fingerprint density at radius 1 is 1.10 bits per heavy atom. The number of nitrogens with zero attached hydrogens (tertiary/aromatic N) is 8. The molecule has 1 aromatic carbocycles. The van der Waals surface area contributed by atoms with Crippen LogP contribution in [0.3, 0.4) is 0 Å². The molecule has 1 aliphatic carbocycles. The van der Waals surface area contributed by atoms with Crippen LogP contribution in [0, 0.1) is 26.6 Å². The number of anilines is 1. The van der Waals surface area contributed by atoms with Crippen molar-refractivity contribution in [2.24, 2.45) is 0 Å². The predicted octanol–water partition coefficient (Wildman–Crippen LogP) is 5.61. The zero-order valence-corrected chi connectivity index (χ0v) is 30.5. The van der Waals surface area contributed by atoms with Crippen molar-refractivity contribution in [3.8, 4) is 17.1 Å². The summed E-state index contributed by atoms with van der Waals surface area (Å²) < 4.78 is 18.3. The molecule has 270 valence electrons. The molecule has 0 radical (unpaired) electrons. The molecule has 52 heavy (non-hydrogen) atoms. The van der Waals surface area contributed by atoms with Crippen molar-refractivity contribution in [3.63, 3.8) is 0 Å². The maximum Gasteiger partial charge on any atom is 0.279 e. The number of pyridine rings is 1. The summed E-state index contributed by atoms with van der Waals surface area (Å²) in [7, 11) is 0. The molecule has 1 fully saturated rings. The van der Waals surface area contributed by atoms with Gasteiger partial charge >= 0.3 is 0 Å². The van der Waals surface area contributed by atoms with Gasteiger partial charge in [0.05, 0.1) is 27.7 Å². The van der Waals surface area contributed by atoms with Gasteiger partial charge in [-0.25, -0.2) is 14.4 Å². The summed E-state index contributed by atoms with van der Waals surface area (Å²) in [6.45, 7) is 11.4. The molecule has 2 N–H and O–H groups in total. The van der Waals surface area contributed by atoms with Crippen molar-refractivity contribution in [1.82, 2.24) is 39.0 Å². The van der Waals surface area contributed by atoms with Crippen LogP contribution in [0.5, 0.6) is 5.75 Å². The van der Waals surface area contributed by atoms with E-state index in [0.717, 1.165) is 10.1 Å². The number of amides is 2. The van der Waals surface area contributed by atoms with E-state index in [1.165, 1.54) is 12.4 Å². The minimum atomic E-state index is -0.643. The molecule has 5 aromatic rings. The number of hydrogen-bond donors (Lipinski definition) is 2. The molecule has 15 heteroatoms. The van der Waals surface area contributed by atoms with E-state index < -0.39 is 28.6 Å². The highest BCUT2D eigenvalue weighted by molar-refractivity contribution is 6.33. The van der Waals surface area contributed by atoms with Gasteiger partial charge in [-0.3, -0.25) is 19.4 Å². The first-order chi connectivity index (χ1) is 24.7. The topological polar surface area (TPSA) is 160 Å². The van der Waals surface area contributed by atoms with Crippen LogP contribution in [0.15, 0.2) is 35.4 Å². The molecule has 2 aliphatic rings. The molecule has 4 aromatic heterocycles. The van der Waals surface area contributed by atoms with E-state index in [1.54, 1.807) is 36.3 Å². The second-order valence-electron chi connectivity index (χ2n) is 14.3. The number of hydrogen-bond acceptors (Lipinski definition) is 9. The summed E-state index contributed by atoms with van der Waals surface area (Å²) in [5.74, 6) is -1.49. The molecule has 0 bridgehead atoms. The zero-order chi connectivity index (χ0) is 37.2. The van der Waals surface area contributed by atoms with Gasteiger partial charge in [0, 0.05) is 35.5 Å². The Morgan fingerprint density at radius 3 is 2.52 bits per heavy atom. The van der Waals surface area contributed by atoms with Crippen molar-refractivity contribution >= 4 is 34.9 Å². The predicted molar refractivity (Wildman–Crippen MR) is 192 cm³/mol. The maximum absolute atomic E-state index is 15.5. The van der Waals surface area contributed by atoms with Crippen LogP contribution >= 0.6 is 11.6 Å². The summed E-state index contributed by atoms with van der Waals surface area (Å²) in [5, 5.41) is 18.3. The summed E-state index contributed by atoms with van der Waals surface area (Å²) in [6, 6.07) is 7.03. The molecule has 2 amide bonds. The number of rotatable bonds is 6. The van der Waals surface area contributed by atoms with Gasteiger partial charge in [0.25, 0.3) is 11.5 Å². The van der Waals surface area contributed by atoms with E-state index in [0.29, 0.717) is 65.7 Å². The molecule has 13 nitrogen and oxygen atoms in total. The SMILES string of the molecule is Cc1cc(-c2nc3n(CC(=O)Nc4ccc(C(C)C)cc4Cl)c4c(c(=O)n3n2)C2(CCN(C(=O)c3ncnc(C)c3O)CC2)CC4C)c(F)c(C)n1. The minimum Gasteiger partial charge on any atom is -0.504 e. The van der Waals surface area contributed by atoms with E-state index in [-0.39, 0.29) is 52.7 Å². The first-order valence-corrected chi connectivity index (χ1v) is 17.6. The van der Waals surface area contributed by atoms with Gasteiger partial charge in [0.15, 0.2) is 23.1 Å². The number of likely N-dealkylation sites (tertiary alicyclic amines) is 1. The van der Waals surface area contributed by atoms with E-state index in [2.05, 4.69) is 44.2 Å². The van der Waals surface area contributed by atoms with Gasteiger partial charge in [-0.05, 0) is 75.6 Å². The number of carbonyl (C=O) groups excluding carboxylic acids is 2. The lowest BCUT2D eigenvalue weighted by atomic mass is 9.73. The third kappa shape index (κ3) is 5.88. The Labute approximate surface area is 303 Å². The van der Waals surface area contributed by atoms with Gasteiger partial charge in [-0.2, -0.15) is 9.50 Å². The normalized spacial score (nSPS) is 16.6. The molecule has 7 rings (SSSR count). The quantitative estimate of drug-likeness (QED) is 0.227. The van der Waals surface area contributed by atoms with Crippen LogP contribution in [-0.2, 0) is 16.8 Å². The van der Waals surface area contributed by atoms with Gasteiger partial charge in [-0.1, -0.05) is 38.4 Å². The van der Waals surface area contributed by atoms with Crippen molar-refractivity contribution in [2.75, 3.05) is 18.4 Å². The van der Waals surface area contributed by atoms with Crippen LogP contribution in [0.2, 0.25) is 5.02 Å². The van der Waals surface area contributed by atoms with Crippen LogP contribution in [0.4, 0.5) is 10.1 Å². The van der Waals surface area contributed by atoms with Crippen LogP contribution in [0.25, 0.3) is 17.2 Å². The number of aryl methyl sites for hydroxylation is 3. The van der Waals surface area contributed by atoms with Gasteiger partial charge in [-0.15, -0.1) is 5.10 Å². The molecule has 5 heterocycles. The number of piperidine rings is 1. The Bertz CT molecular complexity index is 2350. The summed E-state index contributed by atoms with van der Waals surface area (Å²) in [4.78, 5) is 60.3. The van der Waals surface area contributed by atoms with Crippen molar-refractivity contribution in [3.05, 3.63) is 91.4 Å². The first kappa shape index (κ1) is 35.2. The lowest BCUT2D eigenvalue weighted by Gasteiger charge is -2.39. The van der Waals surface area contributed by atoms with Gasteiger partial charge < -0.3 is 19.9 Å². The Hall–Kier alpha value is -5.24. The van der Waals surface area contributed by atoms with Crippen molar-refractivity contribution < 1.29 is 19.1 Å². The fourth-order valence-corrected chi connectivity index (χ4v) is 8.04. The van der Waals surface area contributed by atoms with Gasteiger partial charge in [0.1, 0.15) is 12.9 Å². The Morgan fingerprint density at radius 2 is 1.83 bits per heavy atom. The minimum absolute atomic E-state index is 0.00424. The largest absolute Gasteiger partial charge is 0.504 e. The summed E-state index contributed by atoms with van der Waals surface area (Å²) in [5.41, 5.74) is 2.66. The molecule has 1 aliphatic heterocycles. The van der Waals surface area contributed by atoms with Crippen LogP contribution in [-0.4, -0.2) is 69.0 Å². The number of aromatic hydroxyl groups is 1. The molecule has 1 saturated heterocycles. The Kier molecular flexibility index (Phi) is 8.84. The lowest BCUT2D eigenvalue weighted by molar-refractivity contribution is -0.116. The number of fused-ring (bicyclic) bond motifs is 3. The molecular weight excluding hydrogens is 689 g/mol. The second-order valence-corrected chi connectivity index (χ2v) is 14.7. The number of benzene rings is 1. The highest BCUT2D eigenvalue weighted by Gasteiger charge is 2.49. The van der Waals surface area contributed by atoms with E-state index in [4.69, 9.17) is 11.6 Å². The number of carbonyl (C=O) groups is 2. The van der Waals surface area contributed by atoms with E-state index in [1.807, 2.05) is 19.1 Å². The fraction of sp³-hybridized carbons (Fsp3) is 0.405. The number of halogens is 2. The summed E-state index contributed by atoms with van der Waals surface area (Å²) in [6.07, 6.45) is 2.74. The fourth-order valence-electron chi connectivity index (χ4n) is 7.80. The smallest absolute Gasteiger partial charge is 0.279 e. The molecule has 1 unspecified atom stereocenters. The highest BCUT2D eigenvalue weighted by atomic mass is 35.5. The zero-order valence-electron chi connectivity index (χ0n) is 29.8. The van der Waals surface area contributed by atoms with Crippen LogP contribution < -0.4 is 10.9 Å². The molecule has 1 atom stereocenters. The van der Waals surface area contributed by atoms with Gasteiger partial charge in [0.2, 0.25) is 11.7 Å². The second kappa shape index (κ2) is 13.1. The lowest BCUT2D eigenvalue weighted by Crippen LogP contribution is -2.46. The number of nitrogens with one attached hydrogen (secondary N) is 1. The van der Waals surface area contributed by atoms with E-state index >= 15 is 4.39 Å². The van der Waals surface area contributed by atoms with Crippen molar-refractivity contribution in [1.29, 1.82) is 0 Å². The maximum atomic E-state index is 15.5. The molecule has 0 saturated carbocycles. The van der Waals surface area contributed by atoms with Crippen LogP contribution in [0.1, 0.15) is 96.3 Å². The molecule has 1 spiro atoms. The standard InChI is InChI=1S/C37H39ClFN9O4/c1-18(2)23-7-8-26(25(38)14-23)43-27(49)16-47-31-19(3)15-37(9-11-46(12-10-37)35(52)30-32(50)22(6)40-17-41-30)28(31)34(51)48-36(47)44-33(45-48)24-13-20(4)42-21(5)29(24)39/h7-8,13-14,17-19,50H,9-12,15-16H2,1-6H3,(H,43,49).